The summed E-state index contributed by atoms with van der Waals surface area (Å²) in [4.78, 5) is 0. The van der Waals surface area contributed by atoms with Gasteiger partial charge >= 0.3 is 0 Å². The molecule has 0 amide bonds. The van der Waals surface area contributed by atoms with Crippen molar-refractivity contribution in [1.82, 2.24) is 0 Å². The van der Waals surface area contributed by atoms with Crippen molar-refractivity contribution in [2.75, 3.05) is 0 Å². The average Bonchev–Trinajstić information content (AvgIpc) is 1.76. The van der Waals surface area contributed by atoms with Crippen molar-refractivity contribution in [2.45, 2.75) is 19.3 Å². The molecular formula is C5H7Fe-. The molecule has 0 saturated carbocycles. The third-order valence-electron chi connectivity index (χ3n) is 0.814. The Morgan fingerprint density at radius 2 is 2.33 bits per heavy atom. The number of allylic oxidation sites excluding steroid dienone is 2. The summed E-state index contributed by atoms with van der Waals surface area (Å²) in [5.74, 6) is 0. The Balaban J connectivity index is 0.000000250. The van der Waals surface area contributed by atoms with E-state index >= 15 is 0 Å². The molecule has 0 nitrogen and oxygen atoms in total. The van der Waals surface area contributed by atoms with Gasteiger partial charge in [-0.1, -0.05) is 12.8 Å². The molecule has 0 heterocycles. The molecule has 1 aliphatic rings. The normalized spacial score (nSPS) is 17.3. The minimum absolute atomic E-state index is 0. The predicted octanol–water partition coefficient (Wildman–Crippen LogP) is 1.53. The predicted molar refractivity (Wildman–Crippen MR) is 21.7 cm³/mol. The van der Waals surface area contributed by atoms with Gasteiger partial charge in [0.1, 0.15) is 0 Å². The molecule has 0 aromatic rings. The molecule has 0 bridgehead atoms. The van der Waals surface area contributed by atoms with Gasteiger partial charge in [-0.2, -0.15) is 6.42 Å². The van der Waals surface area contributed by atoms with E-state index < -0.39 is 0 Å². The van der Waals surface area contributed by atoms with Crippen LogP contribution in [0.2, 0.25) is 0 Å². The maximum absolute atomic E-state index is 3.10. The Hall–Kier alpha value is 0.259. The van der Waals surface area contributed by atoms with E-state index in [-0.39, 0.29) is 17.1 Å². The molecule has 0 N–H and O–H groups in total. The van der Waals surface area contributed by atoms with Gasteiger partial charge in [-0.15, -0.1) is 0 Å². The summed E-state index contributed by atoms with van der Waals surface area (Å²) < 4.78 is 0. The third-order valence-corrected chi connectivity index (χ3v) is 0.814. The van der Waals surface area contributed by atoms with Gasteiger partial charge in [0.25, 0.3) is 0 Å². The van der Waals surface area contributed by atoms with Crippen LogP contribution in [0.5, 0.6) is 0 Å². The molecule has 36 valence electrons. The molecule has 0 unspecified atom stereocenters. The molecule has 0 fully saturated rings. The average molecular weight is 123 g/mol. The molecule has 0 spiro atoms. The van der Waals surface area contributed by atoms with Crippen molar-refractivity contribution in [1.29, 1.82) is 0 Å². The second-order valence-corrected chi connectivity index (χ2v) is 1.30. The summed E-state index contributed by atoms with van der Waals surface area (Å²) >= 11 is 0. The molecule has 0 aliphatic heterocycles. The summed E-state index contributed by atoms with van der Waals surface area (Å²) in [5.41, 5.74) is 0. The first kappa shape index (κ1) is 6.26. The first-order valence-corrected chi connectivity index (χ1v) is 2.05. The Bertz CT molecular complexity index is 41.9. The van der Waals surface area contributed by atoms with Crippen LogP contribution in [-0.2, 0) is 17.1 Å². The van der Waals surface area contributed by atoms with Crippen LogP contribution in [-0.4, -0.2) is 0 Å². The molecule has 1 heteroatoms. The van der Waals surface area contributed by atoms with Crippen molar-refractivity contribution in [3.05, 3.63) is 12.2 Å². The zero-order chi connectivity index (χ0) is 3.54. The van der Waals surface area contributed by atoms with Crippen LogP contribution in [0.25, 0.3) is 0 Å². The summed E-state index contributed by atoms with van der Waals surface area (Å²) in [6, 6.07) is 0. The van der Waals surface area contributed by atoms with Crippen molar-refractivity contribution in [3.63, 3.8) is 0 Å². The van der Waals surface area contributed by atoms with Gasteiger partial charge in [-0.25, -0.2) is 0 Å². The summed E-state index contributed by atoms with van der Waals surface area (Å²) in [7, 11) is 0. The van der Waals surface area contributed by atoms with Crippen LogP contribution in [0.4, 0.5) is 0 Å². The van der Waals surface area contributed by atoms with E-state index in [2.05, 4.69) is 12.2 Å². The maximum atomic E-state index is 3.10. The van der Waals surface area contributed by atoms with Crippen molar-refractivity contribution < 1.29 is 17.1 Å². The van der Waals surface area contributed by atoms with Crippen molar-refractivity contribution in [3.8, 4) is 0 Å². The molecule has 0 radical (unpaired) electrons. The van der Waals surface area contributed by atoms with E-state index in [1.54, 1.807) is 0 Å². The van der Waals surface area contributed by atoms with Gasteiger partial charge in [0, 0.05) is 17.1 Å². The molecule has 0 aromatic carbocycles. The molecule has 0 aromatic heterocycles. The summed E-state index contributed by atoms with van der Waals surface area (Å²) in [6.07, 6.45) is 9.00. The van der Waals surface area contributed by atoms with Crippen molar-refractivity contribution >= 4 is 0 Å². The smallest absolute Gasteiger partial charge is 0 e. The topological polar surface area (TPSA) is 0 Å². The molecule has 0 atom stereocenters. The van der Waals surface area contributed by atoms with E-state index in [4.69, 9.17) is 0 Å². The fourth-order valence-corrected chi connectivity index (χ4v) is 0.510. The number of hydrogen-bond acceptors (Lipinski definition) is 0. The Kier molecular flexibility index (Phi) is 3.60. The molecule has 1 rings (SSSR count). The van der Waals surface area contributed by atoms with Crippen LogP contribution < -0.4 is 0 Å². The van der Waals surface area contributed by atoms with E-state index in [1.165, 1.54) is 19.3 Å². The fraction of sp³-hybridized carbons (Fsp3) is 0.600. The first-order valence-electron chi connectivity index (χ1n) is 2.05. The maximum Gasteiger partial charge on any atom is 0 e. The summed E-state index contributed by atoms with van der Waals surface area (Å²) in [6.45, 7) is 0. The summed E-state index contributed by atoms with van der Waals surface area (Å²) in [5, 5.41) is 0. The van der Waals surface area contributed by atoms with Gasteiger partial charge in [0.15, 0.2) is 0 Å². The van der Waals surface area contributed by atoms with E-state index in [0.29, 0.717) is 0 Å². The van der Waals surface area contributed by atoms with Gasteiger partial charge in [-0.05, 0) is 0 Å². The second kappa shape index (κ2) is 3.45. The van der Waals surface area contributed by atoms with Gasteiger partial charge in [0.2, 0.25) is 0 Å². The minimum Gasteiger partial charge on any atom is -0.501 e. The van der Waals surface area contributed by atoms with Gasteiger partial charge in [-0.3, -0.25) is 6.08 Å². The standard InChI is InChI=1S/C5H7.Fe/c1-2-4-5-3-1;/h1H,2,4-5H2;/q-1;. The van der Waals surface area contributed by atoms with Crippen LogP contribution in [0.1, 0.15) is 19.3 Å². The van der Waals surface area contributed by atoms with Gasteiger partial charge in [0.05, 0.1) is 0 Å². The van der Waals surface area contributed by atoms with Crippen LogP contribution in [0.15, 0.2) is 6.08 Å². The molecular weight excluding hydrogens is 116 g/mol. The molecule has 1 aliphatic carbocycles. The largest absolute Gasteiger partial charge is 0.501 e. The third kappa shape index (κ3) is 1.64. The number of rotatable bonds is 0. The van der Waals surface area contributed by atoms with Crippen molar-refractivity contribution in [2.24, 2.45) is 0 Å². The zero-order valence-corrected chi connectivity index (χ0v) is 4.66. The SMILES string of the molecule is [C-]1=CCCC1.[Fe]. The fourth-order valence-electron chi connectivity index (χ4n) is 0.510. The Morgan fingerprint density at radius 3 is 2.50 bits per heavy atom. The zero-order valence-electron chi connectivity index (χ0n) is 3.55. The quantitative estimate of drug-likeness (QED) is 0.338. The molecule has 6 heavy (non-hydrogen) atoms. The second-order valence-electron chi connectivity index (χ2n) is 1.30. The molecule has 0 saturated heterocycles. The minimum atomic E-state index is 0. The van der Waals surface area contributed by atoms with E-state index in [0.717, 1.165) is 0 Å². The Labute approximate surface area is 49.1 Å². The van der Waals surface area contributed by atoms with E-state index in [1.807, 2.05) is 0 Å². The van der Waals surface area contributed by atoms with E-state index in [9.17, 15) is 0 Å². The first-order chi connectivity index (χ1) is 2.50. The monoisotopic (exact) mass is 123 g/mol. The number of hydrogen-bond donors (Lipinski definition) is 0. The Morgan fingerprint density at radius 1 is 1.50 bits per heavy atom. The van der Waals surface area contributed by atoms with Crippen LogP contribution in [0.3, 0.4) is 0 Å². The van der Waals surface area contributed by atoms with Crippen LogP contribution >= 0.6 is 0 Å². The van der Waals surface area contributed by atoms with Gasteiger partial charge < -0.3 is 6.08 Å². The van der Waals surface area contributed by atoms with Crippen LogP contribution in [0, 0.1) is 6.08 Å².